The van der Waals surface area contributed by atoms with Crippen LogP contribution in [0.1, 0.15) is 78.7 Å². The molecule has 2 aliphatic heterocycles. The van der Waals surface area contributed by atoms with E-state index in [1.54, 1.807) is 38.5 Å². The number of benzene rings is 5. The summed E-state index contributed by atoms with van der Waals surface area (Å²) in [4.78, 5) is 16.8. The van der Waals surface area contributed by atoms with E-state index in [4.69, 9.17) is 30.5 Å². The number of halogens is 3. The highest BCUT2D eigenvalue weighted by atomic mass is 35.5. The summed E-state index contributed by atoms with van der Waals surface area (Å²) in [5.74, 6) is 2.57. The first-order valence-corrected chi connectivity index (χ1v) is 22.0. The van der Waals surface area contributed by atoms with Gasteiger partial charge in [0.1, 0.15) is 35.5 Å². The van der Waals surface area contributed by atoms with Crippen LogP contribution in [-0.2, 0) is 35.1 Å². The van der Waals surface area contributed by atoms with E-state index >= 15 is 0 Å². The van der Waals surface area contributed by atoms with Crippen LogP contribution in [0.25, 0.3) is 22.3 Å². The van der Waals surface area contributed by atoms with Gasteiger partial charge < -0.3 is 18.9 Å². The lowest BCUT2D eigenvalue weighted by molar-refractivity contribution is -0.141. The van der Waals surface area contributed by atoms with E-state index in [9.17, 15) is 13.6 Å². The second kappa shape index (κ2) is 21.2. The first-order chi connectivity index (χ1) is 29.7. The average molecular weight is 851 g/mol. The van der Waals surface area contributed by atoms with Crippen LogP contribution in [0, 0.1) is 17.6 Å². The fourth-order valence-electron chi connectivity index (χ4n) is 8.61. The third-order valence-electron chi connectivity index (χ3n) is 12.1. The summed E-state index contributed by atoms with van der Waals surface area (Å²) < 4.78 is 51.0. The molecule has 0 bridgehead atoms. The van der Waals surface area contributed by atoms with Crippen LogP contribution in [0.15, 0.2) is 97.1 Å². The number of likely N-dealkylation sites (tertiary alicyclic amines) is 2. The largest absolute Gasteiger partial charge is 0.497 e. The molecule has 0 N–H and O–H groups in total. The molecule has 5 aromatic rings. The maximum Gasteiger partial charge on any atom is 0.306 e. The highest BCUT2D eigenvalue weighted by Gasteiger charge is 2.34. The van der Waals surface area contributed by atoms with Crippen molar-refractivity contribution in [2.75, 3.05) is 47.5 Å². The predicted molar refractivity (Wildman–Crippen MR) is 238 cm³/mol. The lowest BCUT2D eigenvalue weighted by Crippen LogP contribution is -2.19. The molecular formula is C51H57ClF2N2O5. The molecule has 5 aromatic carbocycles. The number of esters is 1. The van der Waals surface area contributed by atoms with Gasteiger partial charge in [0.2, 0.25) is 0 Å². The zero-order valence-electron chi connectivity index (χ0n) is 35.6. The minimum atomic E-state index is -0.258. The van der Waals surface area contributed by atoms with Crippen LogP contribution < -0.4 is 14.2 Å². The second-order valence-corrected chi connectivity index (χ2v) is 16.6. The van der Waals surface area contributed by atoms with Gasteiger partial charge in [-0.15, -0.1) is 11.6 Å². The van der Waals surface area contributed by atoms with Crippen LogP contribution in [0.3, 0.4) is 0 Å². The third kappa shape index (κ3) is 11.7. The Kier molecular flexibility index (Phi) is 15.3. The van der Waals surface area contributed by atoms with Crippen molar-refractivity contribution in [1.82, 2.24) is 9.80 Å². The molecule has 0 amide bonds. The quantitative estimate of drug-likeness (QED) is 0.0724. The Labute approximate surface area is 364 Å². The van der Waals surface area contributed by atoms with Gasteiger partial charge in [-0.05, 0) is 164 Å². The van der Waals surface area contributed by atoms with Gasteiger partial charge in [-0.2, -0.15) is 0 Å². The highest BCUT2D eigenvalue weighted by Crippen LogP contribution is 2.45. The van der Waals surface area contributed by atoms with Gasteiger partial charge in [0, 0.05) is 30.1 Å². The Morgan fingerprint density at radius 1 is 0.656 bits per heavy atom. The van der Waals surface area contributed by atoms with Crippen LogP contribution in [0.5, 0.6) is 17.2 Å². The molecule has 322 valence electrons. The number of carbonyl (C=O) groups is 1. The molecule has 10 heteroatoms. The zero-order chi connectivity index (χ0) is 42.7. The van der Waals surface area contributed by atoms with Gasteiger partial charge in [-0.25, -0.2) is 8.78 Å². The Hall–Kier alpha value is -4.96. The van der Waals surface area contributed by atoms with Gasteiger partial charge in [0.25, 0.3) is 0 Å². The number of methoxy groups -OCH3 is 3. The fraction of sp³-hybridized carbons (Fsp3) is 0.392. The molecule has 0 spiro atoms. The molecule has 61 heavy (non-hydrogen) atoms. The first kappa shape index (κ1) is 44.1. The van der Waals surface area contributed by atoms with Crippen molar-refractivity contribution in [3.05, 3.63) is 137 Å². The summed E-state index contributed by atoms with van der Waals surface area (Å²) in [5, 5.41) is 0. The Bertz CT molecular complexity index is 2250. The Morgan fingerprint density at radius 3 is 1.70 bits per heavy atom. The van der Waals surface area contributed by atoms with Gasteiger partial charge in [0.15, 0.2) is 0 Å². The van der Waals surface area contributed by atoms with Crippen molar-refractivity contribution in [2.45, 2.75) is 76.4 Å². The Morgan fingerprint density at radius 2 is 1.20 bits per heavy atom. The van der Waals surface area contributed by atoms with Crippen molar-refractivity contribution in [2.24, 2.45) is 5.92 Å². The third-order valence-corrected chi connectivity index (χ3v) is 12.4. The monoisotopic (exact) mass is 850 g/mol. The van der Waals surface area contributed by atoms with Crippen molar-refractivity contribution >= 4 is 17.6 Å². The van der Waals surface area contributed by atoms with Crippen molar-refractivity contribution in [3.63, 3.8) is 0 Å². The molecule has 1 atom stereocenters. The molecule has 7 nitrogen and oxygen atoms in total. The van der Waals surface area contributed by atoms with Crippen molar-refractivity contribution < 1.29 is 32.5 Å². The molecule has 8 rings (SSSR count). The SMILES string of the molecule is COC(=O)C[C@H](c1cccc(OCc2ccc(-c3cc(OC)ccc3F)c(CN3CCCC3)c2)c1)C1CC1.COc1ccc(F)c(-c2ccc(CCl)cc2CN2CCCC2)c1. The van der Waals surface area contributed by atoms with E-state index in [2.05, 4.69) is 34.1 Å². The summed E-state index contributed by atoms with van der Waals surface area (Å²) in [6, 6.07) is 30.0. The number of ether oxygens (including phenoxy) is 4. The van der Waals surface area contributed by atoms with E-state index < -0.39 is 0 Å². The van der Waals surface area contributed by atoms with Gasteiger partial charge in [-0.3, -0.25) is 14.6 Å². The van der Waals surface area contributed by atoms with Crippen LogP contribution >= 0.6 is 11.6 Å². The molecule has 0 radical (unpaired) electrons. The topological polar surface area (TPSA) is 60.5 Å². The van der Waals surface area contributed by atoms with E-state index in [-0.39, 0.29) is 23.5 Å². The number of alkyl halides is 1. The summed E-state index contributed by atoms with van der Waals surface area (Å²) in [5.41, 5.74) is 8.36. The van der Waals surface area contributed by atoms with Crippen LogP contribution in [-0.4, -0.2) is 63.3 Å². The number of hydrogen-bond acceptors (Lipinski definition) is 7. The van der Waals surface area contributed by atoms with Crippen molar-refractivity contribution in [1.29, 1.82) is 0 Å². The molecule has 1 aliphatic carbocycles. The highest BCUT2D eigenvalue weighted by molar-refractivity contribution is 6.17. The molecule has 2 saturated heterocycles. The average Bonchev–Trinajstić information content (AvgIpc) is 3.74. The predicted octanol–water partition coefficient (Wildman–Crippen LogP) is 11.6. The molecule has 1 saturated carbocycles. The van der Waals surface area contributed by atoms with E-state index in [0.717, 1.165) is 96.8 Å². The number of nitrogens with zero attached hydrogens (tertiary/aromatic N) is 2. The van der Waals surface area contributed by atoms with Gasteiger partial charge in [0.05, 0.1) is 27.8 Å². The van der Waals surface area contributed by atoms with Crippen LogP contribution in [0.4, 0.5) is 8.78 Å². The van der Waals surface area contributed by atoms with Gasteiger partial charge >= 0.3 is 5.97 Å². The Balaban J connectivity index is 0.000000208. The van der Waals surface area contributed by atoms with Crippen LogP contribution in [0.2, 0.25) is 0 Å². The summed E-state index contributed by atoms with van der Waals surface area (Å²) in [6.07, 6.45) is 7.54. The fourth-order valence-corrected chi connectivity index (χ4v) is 8.78. The van der Waals surface area contributed by atoms with E-state index in [0.29, 0.717) is 47.5 Å². The molecule has 3 aliphatic rings. The molecule has 2 heterocycles. The summed E-state index contributed by atoms with van der Waals surface area (Å²) in [6.45, 7) is 6.32. The van der Waals surface area contributed by atoms with Crippen molar-refractivity contribution in [3.8, 4) is 39.5 Å². The second-order valence-electron chi connectivity index (χ2n) is 16.4. The standard InChI is InChI=1S/C32H36FNO4.C19H21ClFNO/c1-36-26-11-13-31(33)30(18-26)28-12-8-22(16-25(28)20-34-14-3-4-15-34)21-38-27-7-5-6-24(17-27)29(23-9-10-23)19-32(35)37-2;1-23-16-5-7-19(21)18(11-16)17-6-4-14(12-20)10-15(17)13-22-8-2-3-9-22/h5-8,11-13,16-18,23,29H,3-4,9-10,14-15,19-21H2,1-2H3;4-7,10-11H,2-3,8-9,12-13H2,1H3/t29-;/m0./s1. The number of rotatable bonds is 16. The minimum Gasteiger partial charge on any atom is -0.497 e. The zero-order valence-corrected chi connectivity index (χ0v) is 36.3. The number of hydrogen-bond donors (Lipinski definition) is 0. The van der Waals surface area contributed by atoms with Gasteiger partial charge in [-0.1, -0.05) is 48.5 Å². The maximum atomic E-state index is 14.9. The summed E-state index contributed by atoms with van der Waals surface area (Å²) in [7, 11) is 4.64. The number of carbonyl (C=O) groups excluding carboxylic acids is 1. The van der Waals surface area contributed by atoms with E-state index in [1.807, 2.05) is 36.4 Å². The minimum absolute atomic E-state index is 0.162. The smallest absolute Gasteiger partial charge is 0.306 e. The lowest BCUT2D eigenvalue weighted by Gasteiger charge is -2.20. The maximum absolute atomic E-state index is 14.9. The molecular weight excluding hydrogens is 794 g/mol. The molecule has 0 unspecified atom stereocenters. The molecule has 3 fully saturated rings. The lowest BCUT2D eigenvalue weighted by atomic mass is 9.91. The van der Waals surface area contributed by atoms with E-state index in [1.165, 1.54) is 44.9 Å². The summed E-state index contributed by atoms with van der Waals surface area (Å²) >= 11 is 5.99. The first-order valence-electron chi connectivity index (χ1n) is 21.5. The molecule has 0 aromatic heterocycles. The normalized spacial score (nSPS) is 15.8.